The van der Waals surface area contributed by atoms with Crippen molar-refractivity contribution in [3.05, 3.63) is 64.7 Å². The predicted molar refractivity (Wildman–Crippen MR) is 111 cm³/mol. The van der Waals surface area contributed by atoms with Crippen LogP contribution in [0.25, 0.3) is 0 Å². The Kier molecular flexibility index (Phi) is 6.30. The minimum absolute atomic E-state index is 0.00546. The molecule has 0 spiro atoms. The summed E-state index contributed by atoms with van der Waals surface area (Å²) in [4.78, 5) is 50.2. The molecule has 7 nitrogen and oxygen atoms in total. The SMILES string of the molecule is Cc1ccc(C)c(NC(=O)[C@H](C)OC(=O)CCCN2C(=O)c3ccccc3C2=O)c1. The Morgan fingerprint density at radius 1 is 1.03 bits per heavy atom. The minimum atomic E-state index is -0.961. The number of rotatable bonds is 7. The number of nitrogens with zero attached hydrogens (tertiary/aromatic N) is 1. The van der Waals surface area contributed by atoms with Crippen molar-refractivity contribution in [2.24, 2.45) is 0 Å². The number of hydrogen-bond acceptors (Lipinski definition) is 5. The van der Waals surface area contributed by atoms with E-state index in [9.17, 15) is 19.2 Å². The summed E-state index contributed by atoms with van der Waals surface area (Å²) in [6.07, 6.45) is -0.707. The van der Waals surface area contributed by atoms with Gasteiger partial charge in [-0.15, -0.1) is 0 Å². The third kappa shape index (κ3) is 4.56. The van der Waals surface area contributed by atoms with E-state index in [1.54, 1.807) is 24.3 Å². The number of aryl methyl sites for hydroxylation is 2. The summed E-state index contributed by atoms with van der Waals surface area (Å²) in [5.41, 5.74) is 3.35. The van der Waals surface area contributed by atoms with Crippen LogP contribution in [-0.4, -0.2) is 41.2 Å². The molecule has 0 aromatic heterocycles. The molecule has 0 saturated carbocycles. The van der Waals surface area contributed by atoms with Gasteiger partial charge in [-0.05, 0) is 56.5 Å². The minimum Gasteiger partial charge on any atom is -0.453 e. The summed E-state index contributed by atoms with van der Waals surface area (Å²) in [6, 6.07) is 12.3. The lowest BCUT2D eigenvalue weighted by Crippen LogP contribution is -2.32. The lowest BCUT2D eigenvalue weighted by molar-refractivity contribution is -0.153. The number of carbonyl (C=O) groups is 4. The Bertz CT molecular complexity index is 979. The fourth-order valence-electron chi connectivity index (χ4n) is 3.24. The van der Waals surface area contributed by atoms with Crippen LogP contribution in [0.15, 0.2) is 42.5 Å². The van der Waals surface area contributed by atoms with E-state index in [1.807, 2.05) is 32.0 Å². The number of amides is 3. The third-order valence-corrected chi connectivity index (χ3v) is 4.97. The average Bonchev–Trinajstić information content (AvgIpc) is 2.95. The van der Waals surface area contributed by atoms with Gasteiger partial charge in [-0.25, -0.2) is 0 Å². The largest absolute Gasteiger partial charge is 0.453 e. The zero-order valence-corrected chi connectivity index (χ0v) is 17.2. The molecule has 1 heterocycles. The van der Waals surface area contributed by atoms with E-state index in [2.05, 4.69) is 5.32 Å². The number of ether oxygens (including phenoxy) is 1. The van der Waals surface area contributed by atoms with E-state index in [-0.39, 0.29) is 31.2 Å². The van der Waals surface area contributed by atoms with Gasteiger partial charge in [-0.2, -0.15) is 0 Å². The Morgan fingerprint density at radius 2 is 1.67 bits per heavy atom. The van der Waals surface area contributed by atoms with Crippen molar-refractivity contribution in [2.75, 3.05) is 11.9 Å². The smallest absolute Gasteiger partial charge is 0.306 e. The van der Waals surface area contributed by atoms with Crippen molar-refractivity contribution < 1.29 is 23.9 Å². The van der Waals surface area contributed by atoms with E-state index in [4.69, 9.17) is 4.74 Å². The van der Waals surface area contributed by atoms with Crippen LogP contribution in [0.2, 0.25) is 0 Å². The van der Waals surface area contributed by atoms with E-state index < -0.39 is 18.0 Å². The van der Waals surface area contributed by atoms with Crippen LogP contribution in [0, 0.1) is 13.8 Å². The molecular weight excluding hydrogens is 384 g/mol. The molecule has 1 N–H and O–H groups in total. The number of anilines is 1. The van der Waals surface area contributed by atoms with Crippen LogP contribution < -0.4 is 5.32 Å². The second-order valence-corrected chi connectivity index (χ2v) is 7.35. The molecule has 0 fully saturated rings. The second kappa shape index (κ2) is 8.90. The first kappa shape index (κ1) is 21.2. The Balaban J connectivity index is 1.47. The monoisotopic (exact) mass is 408 g/mol. The maximum absolute atomic E-state index is 12.3. The van der Waals surface area contributed by atoms with Crippen molar-refractivity contribution in [1.82, 2.24) is 4.90 Å². The van der Waals surface area contributed by atoms with E-state index >= 15 is 0 Å². The first-order valence-electron chi connectivity index (χ1n) is 9.80. The van der Waals surface area contributed by atoms with Crippen LogP contribution in [-0.2, 0) is 14.3 Å². The molecule has 0 unspecified atom stereocenters. The molecular formula is C23H24N2O5. The van der Waals surface area contributed by atoms with Crippen molar-refractivity contribution >= 4 is 29.4 Å². The number of carbonyl (C=O) groups excluding carboxylic acids is 4. The summed E-state index contributed by atoms with van der Waals surface area (Å²) in [6.45, 7) is 5.42. The van der Waals surface area contributed by atoms with Gasteiger partial charge in [0.1, 0.15) is 0 Å². The highest BCUT2D eigenvalue weighted by atomic mass is 16.5. The van der Waals surface area contributed by atoms with Crippen molar-refractivity contribution in [2.45, 2.75) is 39.7 Å². The molecule has 2 aromatic rings. The topological polar surface area (TPSA) is 92.8 Å². The quantitative estimate of drug-likeness (QED) is 0.561. The van der Waals surface area contributed by atoms with Gasteiger partial charge < -0.3 is 10.1 Å². The van der Waals surface area contributed by atoms with Gasteiger partial charge in [0.25, 0.3) is 17.7 Å². The van der Waals surface area contributed by atoms with Crippen LogP contribution in [0.4, 0.5) is 5.69 Å². The van der Waals surface area contributed by atoms with E-state index in [0.29, 0.717) is 16.8 Å². The zero-order valence-electron chi connectivity index (χ0n) is 17.2. The molecule has 3 amide bonds. The summed E-state index contributed by atoms with van der Waals surface area (Å²) in [5, 5.41) is 2.77. The van der Waals surface area contributed by atoms with E-state index in [1.165, 1.54) is 6.92 Å². The Labute approximate surface area is 175 Å². The molecule has 0 aliphatic carbocycles. The maximum atomic E-state index is 12.3. The molecule has 0 saturated heterocycles. The van der Waals surface area contributed by atoms with Crippen molar-refractivity contribution in [3.63, 3.8) is 0 Å². The normalized spacial score (nSPS) is 13.8. The highest BCUT2D eigenvalue weighted by molar-refractivity contribution is 6.21. The first-order valence-corrected chi connectivity index (χ1v) is 9.80. The van der Waals surface area contributed by atoms with Crippen LogP contribution in [0.3, 0.4) is 0 Å². The lowest BCUT2D eigenvalue weighted by atomic mass is 10.1. The fraction of sp³-hybridized carbons (Fsp3) is 0.304. The molecule has 1 aliphatic rings. The predicted octanol–water partition coefficient (Wildman–Crippen LogP) is 3.25. The molecule has 30 heavy (non-hydrogen) atoms. The standard InChI is InChI=1S/C23H24N2O5/c1-14-10-11-15(2)19(13-14)24-21(27)16(3)30-20(26)9-6-12-25-22(28)17-7-4-5-8-18(17)23(25)29/h4-5,7-8,10-11,13,16H,6,9,12H2,1-3H3,(H,24,27)/t16-/m0/s1. The summed E-state index contributed by atoms with van der Waals surface area (Å²) in [7, 11) is 0. The average molecular weight is 408 g/mol. The van der Waals surface area contributed by atoms with Gasteiger partial charge in [-0.1, -0.05) is 24.3 Å². The van der Waals surface area contributed by atoms with Crippen LogP contribution >= 0.6 is 0 Å². The van der Waals surface area contributed by atoms with Crippen molar-refractivity contribution in [1.29, 1.82) is 0 Å². The number of imide groups is 1. The number of esters is 1. The van der Waals surface area contributed by atoms with Gasteiger partial charge in [-0.3, -0.25) is 24.1 Å². The molecule has 0 bridgehead atoms. The molecule has 1 atom stereocenters. The van der Waals surface area contributed by atoms with Gasteiger partial charge in [0, 0.05) is 18.7 Å². The highest BCUT2D eigenvalue weighted by Crippen LogP contribution is 2.22. The zero-order chi connectivity index (χ0) is 21.8. The lowest BCUT2D eigenvalue weighted by Gasteiger charge is -2.16. The van der Waals surface area contributed by atoms with Gasteiger partial charge >= 0.3 is 5.97 Å². The fourth-order valence-corrected chi connectivity index (χ4v) is 3.24. The molecule has 1 aliphatic heterocycles. The summed E-state index contributed by atoms with van der Waals surface area (Å²) >= 11 is 0. The van der Waals surface area contributed by atoms with Gasteiger partial charge in [0.05, 0.1) is 11.1 Å². The molecule has 0 radical (unpaired) electrons. The van der Waals surface area contributed by atoms with E-state index in [0.717, 1.165) is 16.0 Å². The molecule has 7 heteroatoms. The Morgan fingerprint density at radius 3 is 2.30 bits per heavy atom. The molecule has 2 aromatic carbocycles. The first-order chi connectivity index (χ1) is 14.3. The third-order valence-electron chi connectivity index (χ3n) is 4.97. The van der Waals surface area contributed by atoms with Crippen LogP contribution in [0.5, 0.6) is 0 Å². The molecule has 3 rings (SSSR count). The van der Waals surface area contributed by atoms with Gasteiger partial charge in [0.15, 0.2) is 6.10 Å². The highest BCUT2D eigenvalue weighted by Gasteiger charge is 2.34. The molecule has 156 valence electrons. The van der Waals surface area contributed by atoms with Crippen molar-refractivity contribution in [3.8, 4) is 0 Å². The number of hydrogen-bond donors (Lipinski definition) is 1. The number of nitrogens with one attached hydrogen (secondary N) is 1. The number of benzene rings is 2. The number of fused-ring (bicyclic) bond motifs is 1. The van der Waals surface area contributed by atoms with Crippen LogP contribution in [0.1, 0.15) is 51.6 Å². The summed E-state index contributed by atoms with van der Waals surface area (Å²) in [5.74, 6) is -1.69. The second-order valence-electron chi connectivity index (χ2n) is 7.35. The summed E-state index contributed by atoms with van der Waals surface area (Å²) < 4.78 is 5.20. The Hall–Kier alpha value is -3.48. The van der Waals surface area contributed by atoms with Gasteiger partial charge in [0.2, 0.25) is 0 Å². The maximum Gasteiger partial charge on any atom is 0.306 e.